The van der Waals surface area contributed by atoms with Crippen molar-refractivity contribution in [1.82, 2.24) is 0 Å². The zero-order chi connectivity index (χ0) is 20.8. The molecule has 0 aliphatic heterocycles. The Hall–Kier alpha value is -3.61. The number of allylic oxidation sites excluding steroid dienone is 2. The third kappa shape index (κ3) is 4.82. The van der Waals surface area contributed by atoms with Crippen LogP contribution in [0.4, 0.5) is 11.4 Å². The van der Waals surface area contributed by atoms with Gasteiger partial charge < -0.3 is 20.5 Å². The quantitative estimate of drug-likeness (QED) is 0.650. The Balaban J connectivity index is 1.71. The Morgan fingerprint density at radius 1 is 0.897 bits per heavy atom. The molecule has 0 fully saturated rings. The summed E-state index contributed by atoms with van der Waals surface area (Å²) in [4.78, 5) is 36.6. The van der Waals surface area contributed by atoms with Gasteiger partial charge in [0.2, 0.25) is 11.8 Å². The molecule has 7 nitrogen and oxygen atoms in total. The molecule has 2 aromatic carbocycles. The number of nitrogens with one attached hydrogen (secondary N) is 2. The number of methoxy groups -OCH3 is 1. The van der Waals surface area contributed by atoms with Crippen LogP contribution in [0.2, 0.25) is 0 Å². The van der Waals surface area contributed by atoms with Gasteiger partial charge in [-0.2, -0.15) is 0 Å². The number of hydrogen-bond acceptors (Lipinski definition) is 4. The van der Waals surface area contributed by atoms with Crippen molar-refractivity contribution in [3.8, 4) is 5.75 Å². The molecule has 0 heterocycles. The first-order chi connectivity index (χ1) is 14.0. The van der Waals surface area contributed by atoms with E-state index in [9.17, 15) is 14.4 Å². The molecule has 29 heavy (non-hydrogen) atoms. The molecule has 0 bridgehead atoms. The number of anilines is 2. The number of benzene rings is 2. The number of rotatable bonds is 6. The monoisotopic (exact) mass is 394 g/mol. The van der Waals surface area contributed by atoms with Crippen molar-refractivity contribution in [2.24, 2.45) is 11.8 Å². The molecule has 150 valence electrons. The minimum Gasteiger partial charge on any atom is -0.495 e. The van der Waals surface area contributed by atoms with Crippen molar-refractivity contribution >= 4 is 29.2 Å². The lowest BCUT2D eigenvalue weighted by Crippen LogP contribution is -2.37. The molecule has 0 radical (unpaired) electrons. The van der Waals surface area contributed by atoms with Crippen molar-refractivity contribution in [3.05, 3.63) is 66.2 Å². The van der Waals surface area contributed by atoms with E-state index in [-0.39, 0.29) is 17.4 Å². The van der Waals surface area contributed by atoms with Crippen molar-refractivity contribution in [3.63, 3.8) is 0 Å². The summed E-state index contributed by atoms with van der Waals surface area (Å²) in [6.07, 6.45) is 4.70. The second-order valence-electron chi connectivity index (χ2n) is 6.72. The molecule has 2 aromatic rings. The first-order valence-electron chi connectivity index (χ1n) is 9.22. The number of para-hydroxylation sites is 2. The first kappa shape index (κ1) is 20.1. The Bertz CT molecular complexity index is 936. The maximum Gasteiger partial charge on any atom is 0.335 e. The molecular weight excluding hydrogens is 372 g/mol. The molecule has 2 atom stereocenters. The summed E-state index contributed by atoms with van der Waals surface area (Å²) in [5.74, 6) is -2.07. The smallest absolute Gasteiger partial charge is 0.335 e. The average molecular weight is 394 g/mol. The predicted molar refractivity (Wildman–Crippen MR) is 109 cm³/mol. The maximum atomic E-state index is 12.9. The van der Waals surface area contributed by atoms with Gasteiger partial charge in [0.05, 0.1) is 30.2 Å². The van der Waals surface area contributed by atoms with E-state index < -0.39 is 17.8 Å². The summed E-state index contributed by atoms with van der Waals surface area (Å²) in [7, 11) is 1.53. The van der Waals surface area contributed by atoms with E-state index in [2.05, 4.69) is 10.6 Å². The van der Waals surface area contributed by atoms with Gasteiger partial charge in [-0.15, -0.1) is 0 Å². The van der Waals surface area contributed by atoms with Crippen LogP contribution in [0.5, 0.6) is 5.75 Å². The molecule has 3 N–H and O–H groups in total. The van der Waals surface area contributed by atoms with Gasteiger partial charge in [0, 0.05) is 5.69 Å². The van der Waals surface area contributed by atoms with Crippen molar-refractivity contribution in [2.45, 2.75) is 12.8 Å². The Labute approximate surface area is 168 Å². The minimum absolute atomic E-state index is 0.137. The lowest BCUT2D eigenvalue weighted by Gasteiger charge is -2.27. The summed E-state index contributed by atoms with van der Waals surface area (Å²) in [6.45, 7) is 0. The standard InChI is InChI=1S/C22H22N2O5/c1-29-19-9-5-4-8-18(19)24-21(26)17-7-3-2-6-16(17)20(25)23-15-12-10-14(11-13-15)22(27)28/h2-5,8-13,16-17H,6-7H2,1H3,(H,23,25)(H,24,26)(H,27,28). The van der Waals surface area contributed by atoms with Crippen LogP contribution < -0.4 is 15.4 Å². The minimum atomic E-state index is -1.03. The Morgan fingerprint density at radius 2 is 1.48 bits per heavy atom. The molecule has 3 rings (SSSR count). The van der Waals surface area contributed by atoms with E-state index in [4.69, 9.17) is 9.84 Å². The number of carbonyl (C=O) groups excluding carboxylic acids is 2. The molecule has 7 heteroatoms. The van der Waals surface area contributed by atoms with E-state index in [1.165, 1.54) is 31.4 Å². The molecule has 1 aliphatic carbocycles. The van der Waals surface area contributed by atoms with Gasteiger partial charge in [0.25, 0.3) is 0 Å². The van der Waals surface area contributed by atoms with E-state index in [1.807, 2.05) is 18.2 Å². The largest absolute Gasteiger partial charge is 0.495 e. The Kier molecular flexibility index (Phi) is 6.29. The van der Waals surface area contributed by atoms with Crippen LogP contribution in [0.1, 0.15) is 23.2 Å². The van der Waals surface area contributed by atoms with Crippen LogP contribution in [-0.2, 0) is 9.59 Å². The summed E-state index contributed by atoms with van der Waals surface area (Å²) >= 11 is 0. The molecule has 1 aliphatic rings. The number of aromatic carboxylic acids is 1. The third-order valence-electron chi connectivity index (χ3n) is 4.87. The second-order valence-corrected chi connectivity index (χ2v) is 6.72. The molecule has 2 amide bonds. The highest BCUT2D eigenvalue weighted by atomic mass is 16.5. The Morgan fingerprint density at radius 3 is 2.07 bits per heavy atom. The van der Waals surface area contributed by atoms with Gasteiger partial charge in [0.1, 0.15) is 5.75 Å². The fourth-order valence-electron chi connectivity index (χ4n) is 3.30. The molecule has 0 saturated heterocycles. The van der Waals surface area contributed by atoms with Crippen LogP contribution in [0, 0.1) is 11.8 Å². The van der Waals surface area contributed by atoms with E-state index in [1.54, 1.807) is 18.2 Å². The lowest BCUT2D eigenvalue weighted by molar-refractivity contribution is -0.129. The second kappa shape index (κ2) is 9.05. The maximum absolute atomic E-state index is 12.9. The molecule has 2 unspecified atom stereocenters. The molecule has 0 spiro atoms. The zero-order valence-electron chi connectivity index (χ0n) is 15.9. The molecular formula is C22H22N2O5. The number of carbonyl (C=O) groups is 3. The molecule has 0 saturated carbocycles. The number of amides is 2. The number of hydrogen-bond donors (Lipinski definition) is 3. The van der Waals surface area contributed by atoms with Crippen LogP contribution in [0.15, 0.2) is 60.7 Å². The van der Waals surface area contributed by atoms with Gasteiger partial charge in [-0.3, -0.25) is 9.59 Å². The van der Waals surface area contributed by atoms with Crippen LogP contribution in [-0.4, -0.2) is 30.0 Å². The van der Waals surface area contributed by atoms with Crippen LogP contribution in [0.3, 0.4) is 0 Å². The van der Waals surface area contributed by atoms with Crippen molar-refractivity contribution < 1.29 is 24.2 Å². The van der Waals surface area contributed by atoms with Crippen LogP contribution >= 0.6 is 0 Å². The fraction of sp³-hybridized carbons (Fsp3) is 0.227. The number of carboxylic acids is 1. The number of ether oxygens (including phenoxy) is 1. The number of carboxylic acid groups (broad SMARTS) is 1. The zero-order valence-corrected chi connectivity index (χ0v) is 15.9. The van der Waals surface area contributed by atoms with Gasteiger partial charge >= 0.3 is 5.97 Å². The van der Waals surface area contributed by atoms with E-state index in [0.29, 0.717) is 30.0 Å². The SMILES string of the molecule is COc1ccccc1NC(=O)C1CC=CCC1C(=O)Nc1ccc(C(=O)O)cc1. The summed E-state index contributed by atoms with van der Waals surface area (Å²) in [5.41, 5.74) is 1.18. The average Bonchev–Trinajstić information content (AvgIpc) is 2.74. The van der Waals surface area contributed by atoms with Crippen LogP contribution in [0.25, 0.3) is 0 Å². The fourth-order valence-corrected chi connectivity index (χ4v) is 3.30. The van der Waals surface area contributed by atoms with Gasteiger partial charge in [-0.25, -0.2) is 4.79 Å². The highest BCUT2D eigenvalue weighted by Gasteiger charge is 2.34. The summed E-state index contributed by atoms with van der Waals surface area (Å²) < 4.78 is 5.26. The van der Waals surface area contributed by atoms with Crippen molar-refractivity contribution in [1.29, 1.82) is 0 Å². The molecule has 0 aromatic heterocycles. The summed E-state index contributed by atoms with van der Waals surface area (Å²) in [6, 6.07) is 13.0. The lowest BCUT2D eigenvalue weighted by atomic mass is 9.81. The summed E-state index contributed by atoms with van der Waals surface area (Å²) in [5, 5.41) is 14.6. The topological polar surface area (TPSA) is 105 Å². The van der Waals surface area contributed by atoms with E-state index >= 15 is 0 Å². The third-order valence-corrected chi connectivity index (χ3v) is 4.87. The van der Waals surface area contributed by atoms with Gasteiger partial charge in [-0.1, -0.05) is 24.3 Å². The normalized spacial score (nSPS) is 18.0. The highest BCUT2D eigenvalue weighted by Crippen LogP contribution is 2.30. The van der Waals surface area contributed by atoms with Gasteiger partial charge in [0.15, 0.2) is 0 Å². The highest BCUT2D eigenvalue weighted by molar-refractivity contribution is 6.00. The van der Waals surface area contributed by atoms with Crippen molar-refractivity contribution in [2.75, 3.05) is 17.7 Å². The predicted octanol–water partition coefficient (Wildman–Crippen LogP) is 3.55. The van der Waals surface area contributed by atoms with E-state index in [0.717, 1.165) is 0 Å². The van der Waals surface area contributed by atoms with Gasteiger partial charge in [-0.05, 0) is 49.2 Å². The first-order valence-corrected chi connectivity index (χ1v) is 9.22.